The van der Waals surface area contributed by atoms with Crippen LogP contribution in [0.5, 0.6) is 0 Å². The van der Waals surface area contributed by atoms with Crippen LogP contribution in [0.3, 0.4) is 0 Å². The van der Waals surface area contributed by atoms with Gasteiger partial charge in [0.05, 0.1) is 18.4 Å². The van der Waals surface area contributed by atoms with Crippen molar-refractivity contribution in [2.24, 2.45) is 5.92 Å². The fraction of sp³-hybridized carbons (Fsp3) is 0.500. The Hall–Kier alpha value is -1.53. The minimum Gasteiger partial charge on any atom is -0.397 e. The van der Waals surface area contributed by atoms with E-state index in [1.165, 1.54) is 25.9 Å². The largest absolute Gasteiger partial charge is 0.397 e. The molecule has 2 heterocycles. The predicted molar refractivity (Wildman–Crippen MR) is 70.4 cm³/mol. The van der Waals surface area contributed by atoms with Gasteiger partial charge in [0.15, 0.2) is 0 Å². The van der Waals surface area contributed by atoms with Crippen LogP contribution in [0.2, 0.25) is 0 Å². The maximum Gasteiger partial charge on any atom is 0.113 e. The number of aromatic nitrogens is 1. The summed E-state index contributed by atoms with van der Waals surface area (Å²) in [6.07, 6.45) is 4.29. The Labute approximate surface area is 103 Å². The molecule has 0 saturated carbocycles. The number of piperidine rings is 1. The van der Waals surface area contributed by atoms with Crippen molar-refractivity contribution in [2.45, 2.75) is 19.8 Å². The van der Waals surface area contributed by atoms with E-state index in [2.05, 4.69) is 28.6 Å². The summed E-state index contributed by atoms with van der Waals surface area (Å²) in [4.78, 5) is 6.57. The summed E-state index contributed by atoms with van der Waals surface area (Å²) in [6.45, 7) is 5.50. The second kappa shape index (κ2) is 5.70. The van der Waals surface area contributed by atoms with E-state index in [-0.39, 0.29) is 0 Å². The summed E-state index contributed by atoms with van der Waals surface area (Å²) in [5.74, 6) is 7.07. The molecule has 17 heavy (non-hydrogen) atoms. The fourth-order valence-electron chi connectivity index (χ4n) is 2.15. The number of hydrogen-bond acceptors (Lipinski definition) is 3. The second-order valence-electron chi connectivity index (χ2n) is 4.76. The number of rotatable bonds is 1. The van der Waals surface area contributed by atoms with Crippen molar-refractivity contribution in [1.82, 2.24) is 9.88 Å². The standard InChI is InChI=1S/C14H19N3/c1-12-4-2-8-17(11-12)9-3-5-14-7-6-13(15)10-16-14/h6-7,10,12H,2,4,8-9,11,15H2,1H3/t12-/m0/s1. The lowest BCUT2D eigenvalue weighted by Crippen LogP contribution is -2.34. The molecule has 90 valence electrons. The summed E-state index contributed by atoms with van der Waals surface area (Å²) in [7, 11) is 0. The SMILES string of the molecule is C[C@H]1CCCN(CC#Cc2ccc(N)cn2)C1. The number of nitrogens with zero attached hydrogens (tertiary/aromatic N) is 2. The molecule has 0 aromatic carbocycles. The zero-order valence-corrected chi connectivity index (χ0v) is 10.3. The lowest BCUT2D eigenvalue weighted by atomic mass is 10.0. The molecule has 0 amide bonds. The van der Waals surface area contributed by atoms with Crippen molar-refractivity contribution in [2.75, 3.05) is 25.4 Å². The van der Waals surface area contributed by atoms with E-state index >= 15 is 0 Å². The van der Waals surface area contributed by atoms with Crippen LogP contribution in [0.25, 0.3) is 0 Å². The van der Waals surface area contributed by atoms with Crippen molar-refractivity contribution in [1.29, 1.82) is 0 Å². The highest BCUT2D eigenvalue weighted by atomic mass is 15.1. The summed E-state index contributed by atoms with van der Waals surface area (Å²) in [5, 5.41) is 0. The fourth-order valence-corrected chi connectivity index (χ4v) is 2.15. The van der Waals surface area contributed by atoms with E-state index < -0.39 is 0 Å². The molecule has 1 aromatic heterocycles. The first-order chi connectivity index (χ1) is 8.24. The lowest BCUT2D eigenvalue weighted by Gasteiger charge is -2.28. The first-order valence-corrected chi connectivity index (χ1v) is 6.17. The van der Waals surface area contributed by atoms with Crippen LogP contribution in [-0.2, 0) is 0 Å². The molecule has 1 aliphatic heterocycles. The van der Waals surface area contributed by atoms with Crippen LogP contribution in [0.4, 0.5) is 5.69 Å². The molecule has 0 spiro atoms. The van der Waals surface area contributed by atoms with Gasteiger partial charge in [-0.05, 0) is 43.4 Å². The average molecular weight is 229 g/mol. The average Bonchev–Trinajstić information content (AvgIpc) is 2.32. The summed E-state index contributed by atoms with van der Waals surface area (Å²) in [6, 6.07) is 3.70. The smallest absolute Gasteiger partial charge is 0.113 e. The Kier molecular flexibility index (Phi) is 4.00. The first kappa shape index (κ1) is 11.9. The van der Waals surface area contributed by atoms with Gasteiger partial charge in [-0.1, -0.05) is 12.8 Å². The number of pyridine rings is 1. The van der Waals surface area contributed by atoms with E-state index in [1.54, 1.807) is 6.20 Å². The molecule has 0 radical (unpaired) electrons. The maximum atomic E-state index is 5.57. The molecule has 1 aliphatic rings. The van der Waals surface area contributed by atoms with Gasteiger partial charge in [0, 0.05) is 6.54 Å². The third kappa shape index (κ3) is 3.76. The quantitative estimate of drug-likeness (QED) is 0.746. The number of anilines is 1. The highest BCUT2D eigenvalue weighted by molar-refractivity contribution is 5.39. The van der Waals surface area contributed by atoms with Crippen molar-refractivity contribution in [3.8, 4) is 11.8 Å². The third-order valence-electron chi connectivity index (χ3n) is 3.05. The lowest BCUT2D eigenvalue weighted by molar-refractivity contribution is 0.204. The molecule has 3 heteroatoms. The minimum atomic E-state index is 0.681. The maximum absolute atomic E-state index is 5.57. The van der Waals surface area contributed by atoms with E-state index in [1.807, 2.05) is 12.1 Å². The van der Waals surface area contributed by atoms with Gasteiger partial charge in [-0.3, -0.25) is 4.90 Å². The molecule has 0 unspecified atom stereocenters. The molecule has 1 aromatic rings. The van der Waals surface area contributed by atoms with Crippen molar-refractivity contribution in [3.05, 3.63) is 24.0 Å². The van der Waals surface area contributed by atoms with Gasteiger partial charge in [0.1, 0.15) is 5.69 Å². The van der Waals surface area contributed by atoms with E-state index in [4.69, 9.17) is 5.73 Å². The Bertz CT molecular complexity index is 413. The van der Waals surface area contributed by atoms with Crippen LogP contribution in [0.15, 0.2) is 18.3 Å². The molecule has 3 nitrogen and oxygen atoms in total. The molecule has 2 rings (SSSR count). The zero-order chi connectivity index (χ0) is 12.1. The topological polar surface area (TPSA) is 42.1 Å². The van der Waals surface area contributed by atoms with Crippen LogP contribution in [0.1, 0.15) is 25.5 Å². The molecule has 1 saturated heterocycles. The molecule has 0 bridgehead atoms. The normalized spacial score (nSPS) is 20.6. The third-order valence-corrected chi connectivity index (χ3v) is 3.05. The van der Waals surface area contributed by atoms with E-state index in [0.29, 0.717) is 5.69 Å². The Balaban J connectivity index is 1.87. The highest BCUT2D eigenvalue weighted by Crippen LogP contribution is 2.14. The monoisotopic (exact) mass is 229 g/mol. The number of likely N-dealkylation sites (tertiary alicyclic amines) is 1. The van der Waals surface area contributed by atoms with E-state index in [0.717, 1.165) is 18.2 Å². The summed E-state index contributed by atoms with van der Waals surface area (Å²) >= 11 is 0. The number of hydrogen-bond donors (Lipinski definition) is 1. The number of nitrogen functional groups attached to an aromatic ring is 1. The molecule has 0 aliphatic carbocycles. The van der Waals surface area contributed by atoms with Crippen LogP contribution in [0, 0.1) is 17.8 Å². The predicted octanol–water partition coefficient (Wildman–Crippen LogP) is 1.75. The van der Waals surface area contributed by atoms with E-state index in [9.17, 15) is 0 Å². The van der Waals surface area contributed by atoms with Crippen molar-refractivity contribution < 1.29 is 0 Å². The van der Waals surface area contributed by atoms with Crippen molar-refractivity contribution >= 4 is 5.69 Å². The van der Waals surface area contributed by atoms with Gasteiger partial charge >= 0.3 is 0 Å². The molecular formula is C14H19N3. The second-order valence-corrected chi connectivity index (χ2v) is 4.76. The Morgan fingerprint density at radius 3 is 3.12 bits per heavy atom. The molecule has 1 fully saturated rings. The van der Waals surface area contributed by atoms with Gasteiger partial charge in [-0.2, -0.15) is 0 Å². The van der Waals surface area contributed by atoms with Gasteiger partial charge in [-0.15, -0.1) is 0 Å². The number of nitrogens with two attached hydrogens (primary N) is 1. The first-order valence-electron chi connectivity index (χ1n) is 6.17. The Morgan fingerprint density at radius 2 is 2.41 bits per heavy atom. The van der Waals surface area contributed by atoms with Crippen LogP contribution in [-0.4, -0.2) is 29.5 Å². The van der Waals surface area contributed by atoms with Crippen LogP contribution >= 0.6 is 0 Å². The highest BCUT2D eigenvalue weighted by Gasteiger charge is 2.14. The zero-order valence-electron chi connectivity index (χ0n) is 10.3. The van der Waals surface area contributed by atoms with Crippen molar-refractivity contribution in [3.63, 3.8) is 0 Å². The van der Waals surface area contributed by atoms with Gasteiger partial charge in [0.2, 0.25) is 0 Å². The van der Waals surface area contributed by atoms with Crippen LogP contribution < -0.4 is 5.73 Å². The molecular weight excluding hydrogens is 210 g/mol. The minimum absolute atomic E-state index is 0.681. The van der Waals surface area contributed by atoms with Gasteiger partial charge in [-0.25, -0.2) is 4.98 Å². The summed E-state index contributed by atoms with van der Waals surface area (Å²) in [5.41, 5.74) is 7.05. The summed E-state index contributed by atoms with van der Waals surface area (Å²) < 4.78 is 0. The molecule has 1 atom stereocenters. The van der Waals surface area contributed by atoms with Gasteiger partial charge in [0.25, 0.3) is 0 Å². The Morgan fingerprint density at radius 1 is 1.53 bits per heavy atom. The van der Waals surface area contributed by atoms with Gasteiger partial charge < -0.3 is 5.73 Å². The molecule has 2 N–H and O–H groups in total.